The lowest BCUT2D eigenvalue weighted by Crippen LogP contribution is -2.06. The van der Waals surface area contributed by atoms with Crippen molar-refractivity contribution < 1.29 is 15.0 Å². The summed E-state index contributed by atoms with van der Waals surface area (Å²) in [6.45, 7) is 4.10. The number of aromatic hydroxyl groups is 1. The van der Waals surface area contributed by atoms with Crippen molar-refractivity contribution in [2.24, 2.45) is 0 Å². The highest BCUT2D eigenvalue weighted by atomic mass is 32.1. The molecule has 1 aliphatic carbocycles. The number of aromatic nitrogens is 2. The second-order valence-corrected chi connectivity index (χ2v) is 8.43. The minimum Gasteiger partial charge on any atom is -0.507 e. The van der Waals surface area contributed by atoms with E-state index in [0.29, 0.717) is 0 Å². The number of carbonyl (C=O) groups is 1. The SMILES string of the molecule is Cc1nc(-c2ccc3c4c([nH]c3c2)-c2cc(O)c(C(=O)O)cc2CC4)sc1C. The van der Waals surface area contributed by atoms with Gasteiger partial charge in [-0.25, -0.2) is 9.78 Å². The molecule has 0 aliphatic heterocycles. The van der Waals surface area contributed by atoms with Gasteiger partial charge in [0, 0.05) is 26.9 Å². The number of aromatic amines is 1. The standard InChI is InChI=1S/C22H18N2O3S/c1-10-11(2)28-21(23-10)13-4-5-14-15-6-3-12-7-17(22(26)27)19(25)9-16(12)20(15)24-18(14)8-13/h4-5,7-9,24-25H,3,6H2,1-2H3,(H,26,27). The molecule has 0 radical (unpaired) electrons. The summed E-state index contributed by atoms with van der Waals surface area (Å²) >= 11 is 1.69. The minimum atomic E-state index is -1.11. The Morgan fingerprint density at radius 3 is 2.71 bits per heavy atom. The third-order valence-electron chi connectivity index (χ3n) is 5.55. The van der Waals surface area contributed by atoms with Crippen LogP contribution in [0.15, 0.2) is 30.3 Å². The van der Waals surface area contributed by atoms with E-state index in [2.05, 4.69) is 35.1 Å². The summed E-state index contributed by atoms with van der Waals surface area (Å²) < 4.78 is 0. The molecule has 5 rings (SSSR count). The van der Waals surface area contributed by atoms with Crippen LogP contribution in [0.1, 0.15) is 32.1 Å². The number of benzene rings is 2. The van der Waals surface area contributed by atoms with Crippen LogP contribution in [0.3, 0.4) is 0 Å². The first-order valence-corrected chi connectivity index (χ1v) is 9.92. The van der Waals surface area contributed by atoms with Crippen molar-refractivity contribution in [2.45, 2.75) is 26.7 Å². The van der Waals surface area contributed by atoms with E-state index in [9.17, 15) is 15.0 Å². The van der Waals surface area contributed by atoms with Gasteiger partial charge in [0.25, 0.3) is 0 Å². The number of nitrogens with zero attached hydrogens (tertiary/aromatic N) is 1. The third-order valence-corrected chi connectivity index (χ3v) is 6.67. The highest BCUT2D eigenvalue weighted by molar-refractivity contribution is 7.15. The number of phenols is 1. The van der Waals surface area contributed by atoms with Crippen molar-refractivity contribution in [2.75, 3.05) is 0 Å². The lowest BCUT2D eigenvalue weighted by molar-refractivity contribution is 0.0693. The molecule has 1 aliphatic rings. The summed E-state index contributed by atoms with van der Waals surface area (Å²) in [4.78, 5) is 20.7. The van der Waals surface area contributed by atoms with E-state index in [1.165, 1.54) is 10.4 Å². The first-order valence-electron chi connectivity index (χ1n) is 9.11. The molecule has 0 saturated heterocycles. The van der Waals surface area contributed by atoms with Gasteiger partial charge in [0.15, 0.2) is 0 Å². The van der Waals surface area contributed by atoms with Crippen LogP contribution in [0.4, 0.5) is 0 Å². The third kappa shape index (κ3) is 2.45. The summed E-state index contributed by atoms with van der Waals surface area (Å²) in [6, 6.07) is 9.52. The molecule has 0 fully saturated rings. The Hall–Kier alpha value is -3.12. The normalized spacial score (nSPS) is 12.8. The van der Waals surface area contributed by atoms with Crippen LogP contribution < -0.4 is 0 Å². The largest absolute Gasteiger partial charge is 0.507 e. The predicted molar refractivity (Wildman–Crippen MR) is 110 cm³/mol. The van der Waals surface area contributed by atoms with Crippen LogP contribution in [0.25, 0.3) is 32.7 Å². The molecule has 0 bridgehead atoms. The number of thiazole rings is 1. The number of carboxylic acid groups (broad SMARTS) is 1. The number of fused-ring (bicyclic) bond motifs is 5. The van der Waals surface area contributed by atoms with E-state index in [0.717, 1.165) is 56.8 Å². The smallest absolute Gasteiger partial charge is 0.339 e. The van der Waals surface area contributed by atoms with Gasteiger partial charge in [-0.05, 0) is 56.0 Å². The summed E-state index contributed by atoms with van der Waals surface area (Å²) in [6.07, 6.45) is 1.59. The summed E-state index contributed by atoms with van der Waals surface area (Å²) in [5.74, 6) is -1.31. The predicted octanol–water partition coefficient (Wildman–Crippen LogP) is 5.08. The van der Waals surface area contributed by atoms with Crippen molar-refractivity contribution in [3.05, 3.63) is 57.6 Å². The quantitative estimate of drug-likeness (QED) is 0.446. The number of hydrogen-bond acceptors (Lipinski definition) is 4. The molecule has 0 unspecified atom stereocenters. The molecule has 6 heteroatoms. The molecule has 140 valence electrons. The maximum atomic E-state index is 11.3. The van der Waals surface area contributed by atoms with Crippen molar-refractivity contribution in [1.82, 2.24) is 9.97 Å². The molecule has 2 aromatic carbocycles. The zero-order valence-electron chi connectivity index (χ0n) is 15.5. The van der Waals surface area contributed by atoms with E-state index in [1.807, 2.05) is 6.92 Å². The van der Waals surface area contributed by atoms with Crippen molar-refractivity contribution in [3.63, 3.8) is 0 Å². The lowest BCUT2D eigenvalue weighted by atomic mass is 9.87. The summed E-state index contributed by atoms with van der Waals surface area (Å²) in [5, 5.41) is 21.6. The fraction of sp³-hybridized carbons (Fsp3) is 0.182. The summed E-state index contributed by atoms with van der Waals surface area (Å²) in [5.41, 5.74) is 7.12. The van der Waals surface area contributed by atoms with Crippen LogP contribution in [-0.4, -0.2) is 26.2 Å². The first kappa shape index (κ1) is 17.0. The monoisotopic (exact) mass is 390 g/mol. The molecule has 0 spiro atoms. The Kier molecular flexibility index (Phi) is 3.61. The molecule has 2 aromatic heterocycles. The minimum absolute atomic E-state index is 0.0462. The second kappa shape index (κ2) is 5.94. The molecule has 5 nitrogen and oxygen atoms in total. The van der Waals surface area contributed by atoms with Gasteiger partial charge in [-0.3, -0.25) is 0 Å². The zero-order chi connectivity index (χ0) is 19.6. The molecule has 28 heavy (non-hydrogen) atoms. The number of carboxylic acids is 1. The average molecular weight is 390 g/mol. The van der Waals surface area contributed by atoms with Crippen LogP contribution in [-0.2, 0) is 12.8 Å². The van der Waals surface area contributed by atoms with Gasteiger partial charge in [-0.2, -0.15) is 0 Å². The number of hydrogen-bond donors (Lipinski definition) is 3. The second-order valence-electron chi connectivity index (χ2n) is 7.23. The maximum absolute atomic E-state index is 11.3. The Balaban J connectivity index is 1.67. The molecule has 4 aromatic rings. The van der Waals surface area contributed by atoms with E-state index in [1.54, 1.807) is 23.5 Å². The topological polar surface area (TPSA) is 86.2 Å². The van der Waals surface area contributed by atoms with Crippen molar-refractivity contribution in [3.8, 4) is 27.6 Å². The molecule has 0 amide bonds. The lowest BCUT2D eigenvalue weighted by Gasteiger charge is -2.18. The fourth-order valence-electron chi connectivity index (χ4n) is 3.98. The Bertz CT molecular complexity index is 1260. The van der Waals surface area contributed by atoms with Gasteiger partial charge in [0.05, 0.1) is 11.4 Å². The van der Waals surface area contributed by atoms with Gasteiger partial charge >= 0.3 is 5.97 Å². The van der Waals surface area contributed by atoms with Crippen molar-refractivity contribution in [1.29, 1.82) is 0 Å². The Labute approximate surface area is 165 Å². The van der Waals surface area contributed by atoms with Gasteiger partial charge in [0.2, 0.25) is 0 Å². The van der Waals surface area contributed by atoms with Crippen LogP contribution in [0, 0.1) is 13.8 Å². The first-order chi connectivity index (χ1) is 13.4. The molecular weight excluding hydrogens is 372 g/mol. The fourth-order valence-corrected chi connectivity index (χ4v) is 4.89. The number of nitrogens with one attached hydrogen (secondary N) is 1. The van der Waals surface area contributed by atoms with Crippen LogP contribution >= 0.6 is 11.3 Å². The van der Waals surface area contributed by atoms with Gasteiger partial charge in [-0.1, -0.05) is 12.1 Å². The van der Waals surface area contributed by atoms with E-state index < -0.39 is 5.97 Å². The average Bonchev–Trinajstić information content (AvgIpc) is 3.20. The zero-order valence-corrected chi connectivity index (χ0v) is 16.3. The number of H-pyrrole nitrogens is 1. The summed E-state index contributed by atoms with van der Waals surface area (Å²) in [7, 11) is 0. The molecular formula is C22H18N2O3S. The number of aromatic carboxylic acids is 1. The molecule has 0 atom stereocenters. The molecule has 0 saturated carbocycles. The van der Waals surface area contributed by atoms with Gasteiger partial charge in [-0.15, -0.1) is 11.3 Å². The van der Waals surface area contributed by atoms with Gasteiger partial charge < -0.3 is 15.2 Å². The van der Waals surface area contributed by atoms with Crippen LogP contribution in [0.2, 0.25) is 0 Å². The number of rotatable bonds is 2. The molecule has 3 N–H and O–H groups in total. The highest BCUT2D eigenvalue weighted by Crippen LogP contribution is 2.41. The van der Waals surface area contributed by atoms with Crippen molar-refractivity contribution >= 4 is 28.2 Å². The Morgan fingerprint density at radius 2 is 2.00 bits per heavy atom. The number of aryl methyl sites for hydroxylation is 4. The maximum Gasteiger partial charge on any atom is 0.339 e. The van der Waals surface area contributed by atoms with Gasteiger partial charge in [0.1, 0.15) is 16.3 Å². The van der Waals surface area contributed by atoms with Crippen LogP contribution in [0.5, 0.6) is 5.75 Å². The van der Waals surface area contributed by atoms with E-state index >= 15 is 0 Å². The molecule has 2 heterocycles. The Morgan fingerprint density at radius 1 is 1.18 bits per heavy atom. The van der Waals surface area contributed by atoms with E-state index in [4.69, 9.17) is 0 Å². The highest BCUT2D eigenvalue weighted by Gasteiger charge is 2.24. The van der Waals surface area contributed by atoms with E-state index in [-0.39, 0.29) is 11.3 Å².